The number of fused-ring (bicyclic) bond motifs is 2. The van der Waals surface area contributed by atoms with E-state index >= 15 is 0 Å². The van der Waals surface area contributed by atoms with Crippen molar-refractivity contribution < 1.29 is 23.1 Å². The Balaban J connectivity index is 0.000000364. The van der Waals surface area contributed by atoms with Gasteiger partial charge in [0.2, 0.25) is 0 Å². The number of hydrogen-bond acceptors (Lipinski definition) is 5. The Kier molecular flexibility index (Phi) is 6.78. The molecule has 0 atom stereocenters. The van der Waals surface area contributed by atoms with Crippen LogP contribution in [0.5, 0.6) is 0 Å². The molecule has 180 valence electrons. The number of carboxylic acid groups (broad SMARTS) is 1. The standard InChI is InChI=1S/C22H20N6.C2HF3O2/c1-26(15-22-25-24-21-8-4-5-13-27(21)22)14-17-9-11-18(12-10-17)28-16-23-19-6-2-3-7-20(19)28;3-2(4,5)1(6)7/h2-13,16H,14-15H2,1H3;(H,6,7). The summed E-state index contributed by atoms with van der Waals surface area (Å²) in [6.45, 7) is 1.58. The number of imidazole rings is 1. The van der Waals surface area contributed by atoms with Crippen LogP contribution in [0.3, 0.4) is 0 Å². The van der Waals surface area contributed by atoms with E-state index in [2.05, 4.69) is 62.0 Å². The van der Waals surface area contributed by atoms with Crippen molar-refractivity contribution >= 4 is 22.6 Å². The first-order chi connectivity index (χ1) is 16.7. The second-order valence-corrected chi connectivity index (χ2v) is 7.79. The maximum atomic E-state index is 10.6. The van der Waals surface area contributed by atoms with Crippen molar-refractivity contribution in [1.29, 1.82) is 0 Å². The quantitative estimate of drug-likeness (QED) is 0.401. The predicted molar refractivity (Wildman–Crippen MR) is 123 cm³/mol. The lowest BCUT2D eigenvalue weighted by molar-refractivity contribution is -0.192. The normalized spacial score (nSPS) is 11.6. The first-order valence-corrected chi connectivity index (χ1v) is 10.5. The van der Waals surface area contributed by atoms with Crippen LogP contribution >= 0.6 is 0 Å². The molecular formula is C24H21F3N6O2. The molecule has 0 amide bonds. The molecule has 3 aromatic heterocycles. The number of hydrogen-bond donors (Lipinski definition) is 1. The molecule has 2 aromatic carbocycles. The highest BCUT2D eigenvalue weighted by molar-refractivity contribution is 5.77. The zero-order valence-electron chi connectivity index (χ0n) is 18.6. The number of carbonyl (C=O) groups is 1. The minimum atomic E-state index is -5.08. The Morgan fingerprint density at radius 3 is 2.37 bits per heavy atom. The van der Waals surface area contributed by atoms with Crippen molar-refractivity contribution in [2.75, 3.05) is 7.05 Å². The molecule has 5 aromatic rings. The average Bonchev–Trinajstić information content (AvgIpc) is 3.44. The van der Waals surface area contributed by atoms with E-state index in [4.69, 9.17) is 9.90 Å². The van der Waals surface area contributed by atoms with Crippen LogP contribution < -0.4 is 0 Å². The Morgan fingerprint density at radius 2 is 1.66 bits per heavy atom. The van der Waals surface area contributed by atoms with E-state index in [1.54, 1.807) is 0 Å². The van der Waals surface area contributed by atoms with Gasteiger partial charge in [-0.25, -0.2) is 9.78 Å². The molecule has 1 N–H and O–H groups in total. The van der Waals surface area contributed by atoms with Gasteiger partial charge < -0.3 is 5.11 Å². The lowest BCUT2D eigenvalue weighted by Crippen LogP contribution is -2.21. The first-order valence-electron chi connectivity index (χ1n) is 10.5. The van der Waals surface area contributed by atoms with E-state index in [1.165, 1.54) is 5.56 Å². The van der Waals surface area contributed by atoms with Gasteiger partial charge in [-0.05, 0) is 49.0 Å². The van der Waals surface area contributed by atoms with Crippen LogP contribution in [0, 0.1) is 0 Å². The molecule has 5 rings (SSSR count). The van der Waals surface area contributed by atoms with Crippen molar-refractivity contribution in [3.8, 4) is 5.69 Å². The van der Waals surface area contributed by atoms with Crippen LogP contribution in [0.1, 0.15) is 11.4 Å². The number of nitrogens with zero attached hydrogens (tertiary/aromatic N) is 6. The van der Waals surface area contributed by atoms with Crippen LogP contribution in [0.15, 0.2) is 79.3 Å². The summed E-state index contributed by atoms with van der Waals surface area (Å²) in [4.78, 5) is 15.6. The molecular weight excluding hydrogens is 461 g/mol. The fourth-order valence-electron chi connectivity index (χ4n) is 3.53. The number of rotatable bonds is 5. The minimum Gasteiger partial charge on any atom is -0.475 e. The largest absolute Gasteiger partial charge is 0.490 e. The topological polar surface area (TPSA) is 88.5 Å². The maximum absolute atomic E-state index is 10.6. The molecule has 0 fully saturated rings. The van der Waals surface area contributed by atoms with Gasteiger partial charge in [-0.1, -0.05) is 30.3 Å². The van der Waals surface area contributed by atoms with E-state index in [1.807, 2.05) is 53.3 Å². The van der Waals surface area contributed by atoms with Crippen LogP contribution in [0.4, 0.5) is 13.2 Å². The fourth-order valence-corrected chi connectivity index (χ4v) is 3.53. The van der Waals surface area contributed by atoms with Gasteiger partial charge in [-0.15, -0.1) is 10.2 Å². The number of aromatic nitrogens is 5. The molecule has 0 spiro atoms. The number of benzene rings is 2. The summed E-state index contributed by atoms with van der Waals surface area (Å²) in [7, 11) is 2.10. The zero-order valence-corrected chi connectivity index (χ0v) is 18.6. The molecule has 0 saturated heterocycles. The molecule has 0 unspecified atom stereocenters. The molecule has 0 aliphatic carbocycles. The number of para-hydroxylation sites is 2. The molecule has 0 aliphatic rings. The molecule has 8 nitrogen and oxygen atoms in total. The number of carboxylic acids is 1. The Bertz CT molecular complexity index is 1440. The molecule has 0 bridgehead atoms. The summed E-state index contributed by atoms with van der Waals surface area (Å²) in [6, 6.07) is 22.7. The number of pyridine rings is 1. The van der Waals surface area contributed by atoms with Gasteiger partial charge >= 0.3 is 12.1 Å². The lowest BCUT2D eigenvalue weighted by atomic mass is 10.2. The van der Waals surface area contributed by atoms with E-state index in [0.717, 1.165) is 41.3 Å². The summed E-state index contributed by atoms with van der Waals surface area (Å²) < 4.78 is 35.9. The van der Waals surface area contributed by atoms with E-state index in [0.29, 0.717) is 0 Å². The molecule has 11 heteroatoms. The summed E-state index contributed by atoms with van der Waals surface area (Å²) in [5.74, 6) is -1.81. The van der Waals surface area contributed by atoms with E-state index in [-0.39, 0.29) is 0 Å². The third-order valence-corrected chi connectivity index (χ3v) is 5.16. The predicted octanol–water partition coefficient (Wildman–Crippen LogP) is 4.33. The lowest BCUT2D eigenvalue weighted by Gasteiger charge is -2.16. The van der Waals surface area contributed by atoms with Gasteiger partial charge in [-0.2, -0.15) is 13.2 Å². The summed E-state index contributed by atoms with van der Waals surface area (Å²) in [6.07, 6.45) is -1.20. The number of alkyl halides is 3. The van der Waals surface area contributed by atoms with Crippen molar-refractivity contribution in [2.45, 2.75) is 19.3 Å². The van der Waals surface area contributed by atoms with E-state index < -0.39 is 12.1 Å². The second-order valence-electron chi connectivity index (χ2n) is 7.79. The number of halogens is 3. The van der Waals surface area contributed by atoms with Crippen molar-refractivity contribution in [2.24, 2.45) is 0 Å². The van der Waals surface area contributed by atoms with Crippen molar-refractivity contribution in [1.82, 2.24) is 29.0 Å². The molecule has 35 heavy (non-hydrogen) atoms. The van der Waals surface area contributed by atoms with Gasteiger partial charge in [0.05, 0.1) is 17.6 Å². The Hall–Kier alpha value is -4.25. The van der Waals surface area contributed by atoms with Crippen molar-refractivity contribution in [3.05, 3.63) is 90.6 Å². The zero-order chi connectivity index (χ0) is 25.0. The Morgan fingerprint density at radius 1 is 0.971 bits per heavy atom. The third kappa shape index (κ3) is 5.64. The first kappa shape index (κ1) is 23.9. The van der Waals surface area contributed by atoms with Gasteiger partial charge in [0.25, 0.3) is 0 Å². The monoisotopic (exact) mass is 482 g/mol. The fraction of sp³-hybridized carbons (Fsp3) is 0.167. The van der Waals surface area contributed by atoms with E-state index in [9.17, 15) is 13.2 Å². The summed E-state index contributed by atoms with van der Waals surface area (Å²) in [5, 5.41) is 15.7. The minimum absolute atomic E-state index is 0.735. The summed E-state index contributed by atoms with van der Waals surface area (Å²) >= 11 is 0. The maximum Gasteiger partial charge on any atom is 0.490 e. The van der Waals surface area contributed by atoms with Gasteiger partial charge in [-0.3, -0.25) is 13.9 Å². The second kappa shape index (κ2) is 9.94. The van der Waals surface area contributed by atoms with Gasteiger partial charge in [0, 0.05) is 18.4 Å². The summed E-state index contributed by atoms with van der Waals surface area (Å²) in [5.41, 5.74) is 5.37. The SMILES string of the molecule is CN(Cc1ccc(-n2cnc3ccccc32)cc1)Cc1nnc2ccccn12.O=C(O)C(F)(F)F. The van der Waals surface area contributed by atoms with Crippen LogP contribution in [0.25, 0.3) is 22.4 Å². The molecule has 0 radical (unpaired) electrons. The van der Waals surface area contributed by atoms with Crippen LogP contribution in [-0.2, 0) is 17.9 Å². The average molecular weight is 482 g/mol. The third-order valence-electron chi connectivity index (χ3n) is 5.16. The Labute approximate surface area is 197 Å². The van der Waals surface area contributed by atoms with Gasteiger partial charge in [0.15, 0.2) is 11.5 Å². The van der Waals surface area contributed by atoms with Gasteiger partial charge in [0.1, 0.15) is 6.33 Å². The highest BCUT2D eigenvalue weighted by Gasteiger charge is 2.38. The van der Waals surface area contributed by atoms with Crippen molar-refractivity contribution in [3.63, 3.8) is 0 Å². The highest BCUT2D eigenvalue weighted by atomic mass is 19.4. The highest BCUT2D eigenvalue weighted by Crippen LogP contribution is 2.19. The number of aliphatic carboxylic acids is 1. The van der Waals surface area contributed by atoms with Crippen LogP contribution in [-0.4, -0.2) is 53.3 Å². The molecule has 3 heterocycles. The molecule has 0 aliphatic heterocycles. The molecule has 0 saturated carbocycles. The van der Waals surface area contributed by atoms with Crippen LogP contribution in [0.2, 0.25) is 0 Å². The smallest absolute Gasteiger partial charge is 0.475 e.